The van der Waals surface area contributed by atoms with Crippen molar-refractivity contribution in [2.45, 2.75) is 49.5 Å². The predicted molar refractivity (Wildman–Crippen MR) is 127 cm³/mol. The van der Waals surface area contributed by atoms with Gasteiger partial charge in [0.05, 0.1) is 37.1 Å². The Kier molecular flexibility index (Phi) is 5.40. The van der Waals surface area contributed by atoms with Crippen molar-refractivity contribution >= 4 is 22.5 Å². The summed E-state index contributed by atoms with van der Waals surface area (Å²) < 4.78 is 58.6. The van der Waals surface area contributed by atoms with Crippen molar-refractivity contribution in [2.24, 2.45) is 0 Å². The Morgan fingerprint density at radius 3 is 2.47 bits per heavy atom. The topological polar surface area (TPSA) is 122 Å². The Hall–Kier alpha value is -3.48. The van der Waals surface area contributed by atoms with Crippen LogP contribution in [0.15, 0.2) is 30.3 Å². The van der Waals surface area contributed by atoms with Crippen LogP contribution in [0, 0.1) is 5.82 Å². The number of nitrogens with zero attached hydrogens (tertiary/aromatic N) is 1. The molecule has 3 aromatic rings. The molecule has 1 aliphatic carbocycles. The fourth-order valence-corrected chi connectivity index (χ4v) is 5.21. The Labute approximate surface area is 214 Å². The largest absolute Gasteiger partial charge is 0.586 e. The zero-order valence-electron chi connectivity index (χ0n) is 20.3. The third-order valence-electron chi connectivity index (χ3n) is 7.66. The first-order valence-corrected chi connectivity index (χ1v) is 12.1. The number of benzene rings is 2. The normalized spacial score (nSPS) is 22.7. The minimum Gasteiger partial charge on any atom is -0.492 e. The standard InChI is InChI=1S/C26H25F3N2O7/c1-24(12-36-19-8-21-20(6-15(19)24)37-26(28,29)38-21)23(35)30-17-4-13-5-22(25(11-33)2-3-25)31(9-14(34)10-32)18(13)7-16(17)27/h4-8,14,32-34H,2-3,9-12H2,1H3,(H,30,35)/t14-,24+/m1/s1. The fourth-order valence-electron chi connectivity index (χ4n) is 5.21. The van der Waals surface area contributed by atoms with Gasteiger partial charge in [-0.15, -0.1) is 8.78 Å². The van der Waals surface area contributed by atoms with Crippen LogP contribution < -0.4 is 19.5 Å². The van der Waals surface area contributed by atoms with Crippen LogP contribution in [0.2, 0.25) is 0 Å². The maximum absolute atomic E-state index is 15.3. The van der Waals surface area contributed by atoms with Crippen LogP contribution in [0.3, 0.4) is 0 Å². The maximum Gasteiger partial charge on any atom is 0.586 e. The average molecular weight is 534 g/mol. The van der Waals surface area contributed by atoms with E-state index in [-0.39, 0.29) is 42.7 Å². The quantitative estimate of drug-likeness (QED) is 0.368. The van der Waals surface area contributed by atoms with Gasteiger partial charge in [-0.2, -0.15) is 0 Å². The first-order valence-electron chi connectivity index (χ1n) is 12.1. The van der Waals surface area contributed by atoms with Gasteiger partial charge < -0.3 is 39.4 Å². The number of alkyl halides is 2. The molecule has 9 nitrogen and oxygen atoms in total. The van der Waals surface area contributed by atoms with E-state index in [9.17, 15) is 28.9 Å². The summed E-state index contributed by atoms with van der Waals surface area (Å²) in [7, 11) is 0. The molecule has 38 heavy (non-hydrogen) atoms. The van der Waals surface area contributed by atoms with E-state index < -0.39 is 41.6 Å². The minimum absolute atomic E-state index is 0.00355. The molecule has 2 aliphatic heterocycles. The van der Waals surface area contributed by atoms with E-state index in [1.165, 1.54) is 24.3 Å². The van der Waals surface area contributed by atoms with E-state index in [0.717, 1.165) is 12.8 Å². The third kappa shape index (κ3) is 3.77. The number of hydrogen-bond acceptors (Lipinski definition) is 7. The van der Waals surface area contributed by atoms with Gasteiger partial charge in [0.2, 0.25) is 5.91 Å². The minimum atomic E-state index is -3.83. The van der Waals surface area contributed by atoms with Crippen LogP contribution in [0.25, 0.3) is 10.9 Å². The van der Waals surface area contributed by atoms with Crippen LogP contribution >= 0.6 is 0 Å². The van der Waals surface area contributed by atoms with E-state index in [1.54, 1.807) is 17.6 Å². The molecule has 1 amide bonds. The molecule has 0 radical (unpaired) electrons. The number of rotatable bonds is 7. The zero-order chi connectivity index (χ0) is 27.0. The second-order valence-electron chi connectivity index (χ2n) is 10.3. The number of fused-ring (bicyclic) bond motifs is 3. The van der Waals surface area contributed by atoms with Crippen LogP contribution in [0.5, 0.6) is 17.2 Å². The van der Waals surface area contributed by atoms with Crippen LogP contribution in [0.1, 0.15) is 31.0 Å². The molecule has 4 N–H and O–H groups in total. The third-order valence-corrected chi connectivity index (χ3v) is 7.66. The van der Waals surface area contributed by atoms with Gasteiger partial charge in [0, 0.05) is 34.2 Å². The first-order chi connectivity index (χ1) is 18.0. The molecule has 3 heterocycles. The van der Waals surface area contributed by atoms with E-state index in [4.69, 9.17) is 4.74 Å². The van der Waals surface area contributed by atoms with Crippen LogP contribution in [-0.4, -0.2) is 58.0 Å². The summed E-state index contributed by atoms with van der Waals surface area (Å²) >= 11 is 0. The van der Waals surface area contributed by atoms with Gasteiger partial charge in [-0.3, -0.25) is 4.79 Å². The van der Waals surface area contributed by atoms with Gasteiger partial charge >= 0.3 is 6.29 Å². The van der Waals surface area contributed by atoms with Crippen molar-refractivity contribution in [2.75, 3.05) is 25.1 Å². The molecule has 3 aliphatic rings. The Balaban J connectivity index is 1.33. The number of ether oxygens (including phenoxy) is 3. The van der Waals surface area contributed by atoms with Gasteiger partial charge in [-0.25, -0.2) is 4.39 Å². The monoisotopic (exact) mass is 534 g/mol. The van der Waals surface area contributed by atoms with Crippen LogP contribution in [-0.2, 0) is 22.2 Å². The number of nitrogens with one attached hydrogen (secondary N) is 1. The molecule has 0 unspecified atom stereocenters. The highest BCUT2D eigenvalue weighted by molar-refractivity contribution is 6.01. The highest BCUT2D eigenvalue weighted by atomic mass is 19.3. The van der Waals surface area contributed by atoms with Crippen molar-refractivity contribution in [1.29, 1.82) is 0 Å². The summed E-state index contributed by atoms with van der Waals surface area (Å²) in [6.45, 7) is 0.835. The van der Waals surface area contributed by atoms with Gasteiger partial charge in [-0.1, -0.05) is 0 Å². The first kappa shape index (κ1) is 24.8. The number of aliphatic hydroxyl groups is 3. The summed E-state index contributed by atoms with van der Waals surface area (Å²) in [6, 6.07) is 6.97. The summed E-state index contributed by atoms with van der Waals surface area (Å²) in [5.41, 5.74) is -0.508. The molecule has 202 valence electrons. The molecule has 0 saturated heterocycles. The van der Waals surface area contributed by atoms with Crippen molar-refractivity contribution in [3.05, 3.63) is 47.4 Å². The van der Waals surface area contributed by atoms with Gasteiger partial charge in [0.15, 0.2) is 11.5 Å². The van der Waals surface area contributed by atoms with E-state index >= 15 is 4.39 Å². The molecular weight excluding hydrogens is 509 g/mol. The number of amides is 1. The van der Waals surface area contributed by atoms with Crippen molar-refractivity contribution in [3.63, 3.8) is 0 Å². The molecule has 2 atom stereocenters. The van der Waals surface area contributed by atoms with Crippen LogP contribution in [0.4, 0.5) is 18.9 Å². The molecule has 1 aromatic heterocycles. The SMILES string of the molecule is C[C@]1(C(=O)Nc2cc3cc(C4(CO)CC4)n(C[C@@H](O)CO)c3cc2F)COc2cc3c(cc21)OC(F)(F)O3. The fraction of sp³-hybridized carbons (Fsp3) is 0.423. The Morgan fingerprint density at radius 1 is 1.11 bits per heavy atom. The number of aliphatic hydroxyl groups excluding tert-OH is 3. The highest BCUT2D eigenvalue weighted by Gasteiger charge is 2.49. The highest BCUT2D eigenvalue weighted by Crippen LogP contribution is 2.51. The molecular formula is C26H25F3N2O7. The van der Waals surface area contributed by atoms with Gasteiger partial charge in [0.1, 0.15) is 23.6 Å². The summed E-state index contributed by atoms with van der Waals surface area (Å²) in [5.74, 6) is -1.62. The lowest BCUT2D eigenvalue weighted by Gasteiger charge is -2.22. The summed E-state index contributed by atoms with van der Waals surface area (Å²) in [4.78, 5) is 13.4. The summed E-state index contributed by atoms with van der Waals surface area (Å²) in [5, 5.41) is 32.6. The number of halogens is 3. The zero-order valence-corrected chi connectivity index (χ0v) is 20.3. The molecule has 6 rings (SSSR count). The lowest BCUT2D eigenvalue weighted by Crippen LogP contribution is -2.39. The smallest absolute Gasteiger partial charge is 0.492 e. The maximum atomic E-state index is 15.3. The Bertz CT molecular complexity index is 1470. The lowest BCUT2D eigenvalue weighted by molar-refractivity contribution is -0.286. The number of carbonyl (C=O) groups excluding carboxylic acids is 1. The van der Waals surface area contributed by atoms with E-state index in [1.807, 2.05) is 0 Å². The van der Waals surface area contributed by atoms with Gasteiger partial charge in [-0.05, 0) is 38.0 Å². The average Bonchev–Trinajstić information content (AvgIpc) is 3.38. The second kappa shape index (κ2) is 8.26. The molecule has 1 fully saturated rings. The number of carbonyl (C=O) groups is 1. The number of aromatic nitrogens is 1. The number of hydrogen-bond donors (Lipinski definition) is 4. The van der Waals surface area contributed by atoms with Crippen molar-refractivity contribution in [3.8, 4) is 17.2 Å². The molecule has 1 saturated carbocycles. The van der Waals surface area contributed by atoms with Crippen molar-refractivity contribution in [1.82, 2.24) is 4.57 Å². The molecule has 12 heteroatoms. The van der Waals surface area contributed by atoms with E-state index in [0.29, 0.717) is 22.2 Å². The number of anilines is 1. The lowest BCUT2D eigenvalue weighted by atomic mass is 9.83. The van der Waals surface area contributed by atoms with Crippen molar-refractivity contribution < 1.29 is 47.5 Å². The Morgan fingerprint density at radius 2 is 1.82 bits per heavy atom. The molecule has 2 aromatic carbocycles. The van der Waals surface area contributed by atoms with E-state index in [2.05, 4.69) is 14.8 Å². The second-order valence-corrected chi connectivity index (χ2v) is 10.3. The molecule has 0 spiro atoms. The summed E-state index contributed by atoms with van der Waals surface area (Å²) in [6.07, 6.45) is -3.46. The molecule has 0 bridgehead atoms. The van der Waals surface area contributed by atoms with Gasteiger partial charge in [0.25, 0.3) is 0 Å². The predicted octanol–water partition coefficient (Wildman–Crippen LogP) is 2.77.